The second kappa shape index (κ2) is 6.28. The molecule has 2 saturated heterocycles. The fourth-order valence-electron chi connectivity index (χ4n) is 1.55. The summed E-state index contributed by atoms with van der Waals surface area (Å²) in [6.45, 7) is 3.34. The van der Waals surface area contributed by atoms with Crippen molar-refractivity contribution < 1.29 is 45.5 Å². The van der Waals surface area contributed by atoms with Gasteiger partial charge < -0.3 is 31.9 Å². The fourth-order valence-corrected chi connectivity index (χ4v) is 1.55. The molecule has 0 saturated carbocycles. The predicted octanol–water partition coefficient (Wildman–Crippen LogP) is -0.522. The summed E-state index contributed by atoms with van der Waals surface area (Å²) >= 11 is 0. The van der Waals surface area contributed by atoms with E-state index in [1.807, 2.05) is 0 Å². The average molecular weight is 388 g/mol. The van der Waals surface area contributed by atoms with Crippen LogP contribution in [-0.2, 0) is 35.3 Å². The Labute approximate surface area is 104 Å². The molecule has 0 radical (unpaired) electrons. The monoisotopic (exact) mass is 388 g/mol. The minimum Gasteiger partial charge on any atom is -0.544 e. The molecule has 2 N–H and O–H groups in total. The van der Waals surface area contributed by atoms with Crippen LogP contribution < -0.4 is 0 Å². The summed E-state index contributed by atoms with van der Waals surface area (Å²) in [7, 11) is 0. The molecule has 2 fully saturated rings. The summed E-state index contributed by atoms with van der Waals surface area (Å²) in [5.74, 6) is 0. The van der Waals surface area contributed by atoms with Gasteiger partial charge in [0.1, 0.15) is 6.10 Å². The molecule has 0 spiro atoms. The van der Waals surface area contributed by atoms with Crippen molar-refractivity contribution in [2.75, 3.05) is 6.61 Å². The molecule has 0 bridgehead atoms. The molecule has 0 aromatic heterocycles. The summed E-state index contributed by atoms with van der Waals surface area (Å²) in [6, 6.07) is 0. The van der Waals surface area contributed by atoms with Crippen LogP contribution in [0.5, 0.6) is 0 Å². The van der Waals surface area contributed by atoms with Gasteiger partial charge in [0.05, 0.1) is 18.8 Å². The van der Waals surface area contributed by atoms with Crippen molar-refractivity contribution in [2.45, 2.75) is 37.6 Å². The number of hydrogen-bond acceptors (Lipinski definition) is 5. The van der Waals surface area contributed by atoms with Gasteiger partial charge >= 0.3 is 21.1 Å². The zero-order chi connectivity index (χ0) is 9.42. The van der Waals surface area contributed by atoms with Crippen LogP contribution >= 0.6 is 0 Å². The number of rotatable bonds is 0. The van der Waals surface area contributed by atoms with Crippen LogP contribution in [0.3, 0.4) is 0 Å². The molecular formula is C9H16O5W. The molecule has 5 nitrogen and oxygen atoms in total. The van der Waals surface area contributed by atoms with Crippen molar-refractivity contribution in [1.29, 1.82) is 0 Å². The molecule has 0 amide bonds. The largest absolute Gasteiger partial charge is 2.00 e. The predicted molar refractivity (Wildman–Crippen MR) is 47.9 cm³/mol. The van der Waals surface area contributed by atoms with E-state index in [0.717, 1.165) is 0 Å². The maximum atomic E-state index is 9.55. The van der Waals surface area contributed by atoms with Gasteiger partial charge in [-0.3, -0.25) is 0 Å². The maximum absolute atomic E-state index is 9.55. The fraction of sp³-hybridized carbons (Fsp3) is 0.778. The molecule has 2 aliphatic heterocycles. The topological polar surface area (TPSA) is 68.2 Å². The Bertz CT molecular complexity index is 187. The van der Waals surface area contributed by atoms with E-state index in [4.69, 9.17) is 14.2 Å². The van der Waals surface area contributed by atoms with Crippen LogP contribution in [0.2, 0.25) is 0 Å². The molecule has 5 unspecified atom stereocenters. The smallest absolute Gasteiger partial charge is 0.544 e. The van der Waals surface area contributed by atoms with Crippen LogP contribution in [0.4, 0.5) is 0 Å². The van der Waals surface area contributed by atoms with Gasteiger partial charge in [0.25, 0.3) is 0 Å². The quantitative estimate of drug-likeness (QED) is 0.547. The third-order valence-electron chi connectivity index (χ3n) is 2.29. The van der Waals surface area contributed by atoms with E-state index in [0.29, 0.717) is 6.61 Å². The second-order valence-electron chi connectivity index (χ2n) is 3.29. The third-order valence-corrected chi connectivity index (χ3v) is 2.29. The first-order chi connectivity index (χ1) is 6.18. The maximum Gasteiger partial charge on any atom is 2.00 e. The molecule has 88 valence electrons. The normalized spacial score (nSPS) is 44.6. The zero-order valence-electron chi connectivity index (χ0n) is 8.70. The minimum atomic E-state index is -0.980. The van der Waals surface area contributed by atoms with Crippen molar-refractivity contribution in [1.82, 2.24) is 0 Å². The van der Waals surface area contributed by atoms with E-state index < -0.39 is 18.3 Å². The van der Waals surface area contributed by atoms with Gasteiger partial charge in [-0.15, -0.1) is 0 Å². The number of aliphatic hydroxyl groups excluding tert-OH is 2. The second-order valence-corrected chi connectivity index (χ2v) is 3.29. The third kappa shape index (κ3) is 3.22. The summed E-state index contributed by atoms with van der Waals surface area (Å²) in [6.07, 6.45) is -3.07. The van der Waals surface area contributed by atoms with Crippen LogP contribution in [0.25, 0.3) is 0 Å². The standard InChI is InChI=1S/C8H13O5.CH3.W/c1-4-11-3-6-8(13-4)7(10)5(9)2-12-6;;/h2,4-10H,3H2,1H3;1H3;/q2*-1;+2. The van der Waals surface area contributed by atoms with Crippen LogP contribution in [0, 0.1) is 14.0 Å². The van der Waals surface area contributed by atoms with Gasteiger partial charge in [0, 0.05) is 0 Å². The van der Waals surface area contributed by atoms with Crippen LogP contribution in [-0.4, -0.2) is 47.5 Å². The Hall–Kier alpha value is 0.488. The molecular weight excluding hydrogens is 372 g/mol. The first-order valence-electron chi connectivity index (χ1n) is 4.30. The molecule has 0 aliphatic carbocycles. The molecule has 2 rings (SSSR count). The van der Waals surface area contributed by atoms with Gasteiger partial charge in [-0.1, -0.05) is 0 Å². The molecule has 2 aliphatic rings. The Morgan fingerprint density at radius 1 is 1.33 bits per heavy atom. The summed E-state index contributed by atoms with van der Waals surface area (Å²) < 4.78 is 15.6. The number of fused-ring (bicyclic) bond motifs is 1. The van der Waals surface area contributed by atoms with E-state index in [-0.39, 0.29) is 40.9 Å². The first kappa shape index (κ1) is 15.5. The summed E-state index contributed by atoms with van der Waals surface area (Å²) in [5, 5.41) is 18.8. The number of aliphatic hydroxyl groups is 2. The van der Waals surface area contributed by atoms with Crippen LogP contribution in [0.1, 0.15) is 6.92 Å². The molecule has 15 heavy (non-hydrogen) atoms. The van der Waals surface area contributed by atoms with E-state index in [1.165, 1.54) is 6.61 Å². The Balaban J connectivity index is 0.000000980. The SMILES string of the molecule is CC1OCC2O[CH-]C(O)C(O)C2O1.[CH3-].[W+2]. The molecule has 5 atom stereocenters. The minimum absolute atomic E-state index is 0. The van der Waals surface area contributed by atoms with Crippen molar-refractivity contribution in [3.05, 3.63) is 14.0 Å². The van der Waals surface area contributed by atoms with Gasteiger partial charge in [0.2, 0.25) is 0 Å². The summed E-state index contributed by atoms with van der Waals surface area (Å²) in [5.41, 5.74) is 0. The van der Waals surface area contributed by atoms with Gasteiger partial charge in [-0.25, -0.2) is 0 Å². The van der Waals surface area contributed by atoms with Crippen molar-refractivity contribution >= 4 is 0 Å². The van der Waals surface area contributed by atoms with E-state index in [1.54, 1.807) is 6.92 Å². The Kier molecular flexibility index (Phi) is 6.48. The van der Waals surface area contributed by atoms with Crippen LogP contribution in [0.15, 0.2) is 0 Å². The van der Waals surface area contributed by atoms with Crippen molar-refractivity contribution in [3.8, 4) is 0 Å². The van der Waals surface area contributed by atoms with Gasteiger partial charge in [-0.05, 0) is 13.0 Å². The first-order valence-corrected chi connectivity index (χ1v) is 4.30. The van der Waals surface area contributed by atoms with Gasteiger partial charge in [0.15, 0.2) is 6.29 Å². The summed E-state index contributed by atoms with van der Waals surface area (Å²) in [4.78, 5) is 0. The molecule has 6 heteroatoms. The Morgan fingerprint density at radius 2 is 2.00 bits per heavy atom. The van der Waals surface area contributed by atoms with E-state index in [9.17, 15) is 10.2 Å². The molecule has 0 aromatic rings. The zero-order valence-corrected chi connectivity index (χ0v) is 11.6. The van der Waals surface area contributed by atoms with E-state index >= 15 is 0 Å². The average Bonchev–Trinajstić information content (AvgIpc) is 2.12. The molecule has 0 aromatic carbocycles. The van der Waals surface area contributed by atoms with Crippen molar-refractivity contribution in [2.24, 2.45) is 0 Å². The number of ether oxygens (including phenoxy) is 3. The Morgan fingerprint density at radius 3 is 2.67 bits per heavy atom. The number of hydrogen-bond donors (Lipinski definition) is 2. The van der Waals surface area contributed by atoms with E-state index in [2.05, 4.69) is 0 Å². The molecule has 2 heterocycles. The van der Waals surface area contributed by atoms with Gasteiger partial charge in [-0.2, -0.15) is 6.61 Å². The van der Waals surface area contributed by atoms with Crippen molar-refractivity contribution in [3.63, 3.8) is 0 Å².